The van der Waals surface area contributed by atoms with Crippen molar-refractivity contribution in [2.45, 2.75) is 24.3 Å². The minimum atomic E-state index is -4.29. The summed E-state index contributed by atoms with van der Waals surface area (Å²) in [7, 11) is -4.29. The van der Waals surface area contributed by atoms with E-state index in [-0.39, 0.29) is 0 Å². The predicted octanol–water partition coefficient (Wildman–Crippen LogP) is 0.251. The number of hydrogen-bond acceptors (Lipinski definition) is 4. The minimum absolute atomic E-state index is 0.532. The molecule has 1 N–H and O–H groups in total. The third kappa shape index (κ3) is 2.20. The maximum Gasteiger partial charge on any atom is 0.247 e. The van der Waals surface area contributed by atoms with Gasteiger partial charge in [0.25, 0.3) is 0 Å². The Bertz CT molecular complexity index is 684. The number of imide groups is 1. The molecule has 1 aromatic carbocycles. The van der Waals surface area contributed by atoms with Crippen LogP contribution in [0, 0.1) is 5.82 Å². The van der Waals surface area contributed by atoms with Crippen molar-refractivity contribution in [3.05, 3.63) is 30.1 Å². The first-order valence-corrected chi connectivity index (χ1v) is 7.23. The lowest BCUT2D eigenvalue weighted by Gasteiger charge is -2.38. The molecule has 1 heterocycles. The van der Waals surface area contributed by atoms with E-state index in [1.165, 1.54) is 26.0 Å². The number of halogens is 1. The molecule has 1 aliphatic rings. The number of nitrogens with one attached hydrogen (secondary N) is 1. The Balaban J connectivity index is 2.56. The maximum atomic E-state index is 13.7. The number of sulfonamides is 1. The molecule has 108 valence electrons. The van der Waals surface area contributed by atoms with Crippen molar-refractivity contribution < 1.29 is 22.4 Å². The zero-order valence-electron chi connectivity index (χ0n) is 10.9. The van der Waals surface area contributed by atoms with Crippen molar-refractivity contribution in [3.63, 3.8) is 0 Å². The van der Waals surface area contributed by atoms with Crippen molar-refractivity contribution in [1.82, 2.24) is 9.62 Å². The van der Waals surface area contributed by atoms with Crippen molar-refractivity contribution in [2.75, 3.05) is 6.54 Å². The summed E-state index contributed by atoms with van der Waals surface area (Å²) in [5.74, 6) is -2.41. The third-order valence-electron chi connectivity index (χ3n) is 3.12. The third-order valence-corrected chi connectivity index (χ3v) is 5.18. The highest BCUT2D eigenvalue weighted by Crippen LogP contribution is 2.28. The molecule has 1 aliphatic heterocycles. The number of amides is 2. The summed E-state index contributed by atoms with van der Waals surface area (Å²) < 4.78 is 39.3. The number of nitrogens with zero attached hydrogens (tertiary/aromatic N) is 1. The summed E-state index contributed by atoms with van der Waals surface area (Å²) in [6.07, 6.45) is 0. The van der Waals surface area contributed by atoms with Crippen LogP contribution in [0.3, 0.4) is 0 Å². The molecular formula is C12H13FN2O4S. The smallest absolute Gasteiger partial charge is 0.247 e. The van der Waals surface area contributed by atoms with Gasteiger partial charge in [0, 0.05) is 0 Å². The van der Waals surface area contributed by atoms with E-state index in [0.717, 1.165) is 12.1 Å². The highest BCUT2D eigenvalue weighted by molar-refractivity contribution is 7.89. The van der Waals surface area contributed by atoms with Gasteiger partial charge in [0.2, 0.25) is 21.8 Å². The van der Waals surface area contributed by atoms with Gasteiger partial charge in [-0.15, -0.1) is 0 Å². The van der Waals surface area contributed by atoms with E-state index in [4.69, 9.17) is 0 Å². The van der Waals surface area contributed by atoms with Crippen LogP contribution in [0.2, 0.25) is 0 Å². The fourth-order valence-electron chi connectivity index (χ4n) is 1.92. The van der Waals surface area contributed by atoms with E-state index in [9.17, 15) is 22.4 Å². The molecule has 2 rings (SSSR count). The molecule has 1 saturated heterocycles. The van der Waals surface area contributed by atoms with E-state index >= 15 is 0 Å². The van der Waals surface area contributed by atoms with Crippen LogP contribution in [0.4, 0.5) is 4.39 Å². The highest BCUT2D eigenvalue weighted by atomic mass is 32.2. The molecule has 0 unspecified atom stereocenters. The molecular weight excluding hydrogens is 287 g/mol. The van der Waals surface area contributed by atoms with Crippen molar-refractivity contribution in [2.24, 2.45) is 0 Å². The average molecular weight is 300 g/mol. The fourth-order valence-corrected chi connectivity index (χ4v) is 3.69. The second-order valence-corrected chi connectivity index (χ2v) is 6.71. The number of carbonyl (C=O) groups excluding carboxylic acids is 2. The van der Waals surface area contributed by atoms with Crippen LogP contribution in [0.1, 0.15) is 13.8 Å². The van der Waals surface area contributed by atoms with Gasteiger partial charge in [-0.25, -0.2) is 12.8 Å². The number of hydrogen-bond donors (Lipinski definition) is 1. The molecule has 0 saturated carbocycles. The van der Waals surface area contributed by atoms with Crippen LogP contribution >= 0.6 is 0 Å². The fraction of sp³-hybridized carbons (Fsp3) is 0.333. The number of piperazine rings is 1. The average Bonchev–Trinajstić information content (AvgIpc) is 2.34. The van der Waals surface area contributed by atoms with Gasteiger partial charge in [-0.3, -0.25) is 14.9 Å². The quantitative estimate of drug-likeness (QED) is 0.794. The van der Waals surface area contributed by atoms with Gasteiger partial charge < -0.3 is 0 Å². The minimum Gasteiger partial charge on any atom is -0.294 e. The van der Waals surface area contributed by atoms with E-state index in [1.807, 2.05) is 0 Å². The lowest BCUT2D eigenvalue weighted by molar-refractivity contribution is -0.141. The van der Waals surface area contributed by atoms with Gasteiger partial charge in [0.05, 0.1) is 6.54 Å². The van der Waals surface area contributed by atoms with Crippen molar-refractivity contribution >= 4 is 21.8 Å². The number of rotatable bonds is 2. The first-order valence-electron chi connectivity index (χ1n) is 5.79. The molecule has 0 aliphatic carbocycles. The Morgan fingerprint density at radius 1 is 1.25 bits per heavy atom. The Kier molecular flexibility index (Phi) is 3.39. The summed E-state index contributed by atoms with van der Waals surface area (Å²) >= 11 is 0. The summed E-state index contributed by atoms with van der Waals surface area (Å²) in [5.41, 5.74) is -1.48. The van der Waals surface area contributed by atoms with Crippen LogP contribution in [0.5, 0.6) is 0 Å². The van der Waals surface area contributed by atoms with E-state index in [0.29, 0.717) is 4.31 Å². The van der Waals surface area contributed by atoms with E-state index < -0.39 is 44.6 Å². The molecule has 8 heteroatoms. The maximum absolute atomic E-state index is 13.7. The van der Waals surface area contributed by atoms with Gasteiger partial charge in [-0.2, -0.15) is 4.31 Å². The van der Waals surface area contributed by atoms with Gasteiger partial charge >= 0.3 is 0 Å². The Morgan fingerprint density at radius 3 is 2.45 bits per heavy atom. The van der Waals surface area contributed by atoms with Gasteiger partial charge in [0.1, 0.15) is 16.3 Å². The Labute approximate surface area is 115 Å². The summed E-state index contributed by atoms with van der Waals surface area (Å²) in [5, 5.41) is 2.06. The lowest BCUT2D eigenvalue weighted by Crippen LogP contribution is -2.65. The molecule has 6 nitrogen and oxygen atoms in total. The molecule has 0 atom stereocenters. The molecule has 1 fully saturated rings. The largest absolute Gasteiger partial charge is 0.294 e. The van der Waals surface area contributed by atoms with Crippen LogP contribution in [0.25, 0.3) is 0 Å². The zero-order chi connectivity index (χ0) is 15.1. The van der Waals surface area contributed by atoms with Gasteiger partial charge in [0.15, 0.2) is 0 Å². The molecule has 20 heavy (non-hydrogen) atoms. The predicted molar refractivity (Wildman–Crippen MR) is 67.5 cm³/mol. The summed E-state index contributed by atoms with van der Waals surface area (Å²) in [6, 6.07) is 4.83. The van der Waals surface area contributed by atoms with Crippen LogP contribution < -0.4 is 5.32 Å². The van der Waals surface area contributed by atoms with Crippen LogP contribution in [-0.2, 0) is 19.6 Å². The molecule has 1 aromatic rings. The topological polar surface area (TPSA) is 83.6 Å². The SMILES string of the molecule is CC1(C)C(=O)NC(=O)CN1S(=O)(=O)c1ccccc1F. The first-order chi connectivity index (χ1) is 9.17. The number of carbonyl (C=O) groups is 2. The normalized spacial score (nSPS) is 19.8. The standard InChI is InChI=1S/C12H13FN2O4S/c1-12(2)11(17)14-10(16)7-15(12)20(18,19)9-6-4-3-5-8(9)13/h3-6H,7H2,1-2H3,(H,14,16,17). The molecule has 0 radical (unpaired) electrons. The van der Waals surface area contributed by atoms with E-state index in [2.05, 4.69) is 5.32 Å². The molecule has 2 amide bonds. The van der Waals surface area contributed by atoms with Gasteiger partial charge in [-0.05, 0) is 26.0 Å². The lowest BCUT2D eigenvalue weighted by atomic mass is 10.0. The highest BCUT2D eigenvalue weighted by Gasteiger charge is 2.48. The molecule has 0 bridgehead atoms. The van der Waals surface area contributed by atoms with E-state index in [1.54, 1.807) is 0 Å². The first kappa shape index (κ1) is 14.6. The molecule has 0 aromatic heterocycles. The van der Waals surface area contributed by atoms with Crippen LogP contribution in [0.15, 0.2) is 29.2 Å². The number of benzene rings is 1. The van der Waals surface area contributed by atoms with Gasteiger partial charge in [-0.1, -0.05) is 12.1 Å². The zero-order valence-corrected chi connectivity index (χ0v) is 11.7. The van der Waals surface area contributed by atoms with Crippen molar-refractivity contribution in [1.29, 1.82) is 0 Å². The van der Waals surface area contributed by atoms with Crippen LogP contribution in [-0.4, -0.2) is 36.6 Å². The Morgan fingerprint density at radius 2 is 1.85 bits per heavy atom. The Hall–Kier alpha value is -1.80. The second kappa shape index (κ2) is 4.64. The monoisotopic (exact) mass is 300 g/mol. The summed E-state index contributed by atoms with van der Waals surface area (Å²) in [4.78, 5) is 22.6. The summed E-state index contributed by atoms with van der Waals surface area (Å²) in [6.45, 7) is 2.18. The molecule has 0 spiro atoms. The van der Waals surface area contributed by atoms with Crippen molar-refractivity contribution in [3.8, 4) is 0 Å². The second-order valence-electron chi connectivity index (χ2n) is 4.88.